The third kappa shape index (κ3) is 6.16. The lowest BCUT2D eigenvalue weighted by Gasteiger charge is -2.10. The minimum atomic E-state index is -2.97. The molecule has 0 aliphatic rings. The normalized spacial score (nSPS) is 12.9. The number of hydrogen-bond donors (Lipinski definition) is 2. The first kappa shape index (κ1) is 16.7. The van der Waals surface area contributed by atoms with Gasteiger partial charge in [0, 0.05) is 11.9 Å². The van der Waals surface area contributed by atoms with Gasteiger partial charge in [0.05, 0.1) is 5.75 Å². The molecule has 0 fully saturated rings. The summed E-state index contributed by atoms with van der Waals surface area (Å²) >= 11 is 0. The number of carbonyl (C=O) groups excluding carboxylic acids is 1. The summed E-state index contributed by atoms with van der Waals surface area (Å²) in [6.07, 6.45) is 1.82. The molecule has 0 aromatic heterocycles. The van der Waals surface area contributed by atoms with Crippen LogP contribution in [0.3, 0.4) is 0 Å². The summed E-state index contributed by atoms with van der Waals surface area (Å²) in [7, 11) is -2.97. The molecule has 0 saturated heterocycles. The molecule has 0 aliphatic carbocycles. The van der Waals surface area contributed by atoms with Crippen molar-refractivity contribution in [1.82, 2.24) is 0 Å². The van der Waals surface area contributed by atoms with Crippen LogP contribution in [0.1, 0.15) is 25.3 Å². The van der Waals surface area contributed by atoms with Crippen molar-refractivity contribution in [3.8, 4) is 0 Å². The van der Waals surface area contributed by atoms with E-state index in [0.29, 0.717) is 18.5 Å². The molecule has 0 bridgehead atoms. The molecule has 1 amide bonds. The van der Waals surface area contributed by atoms with Gasteiger partial charge in [-0.05, 0) is 30.5 Å². The molecular formula is C14H21NO4S. The van der Waals surface area contributed by atoms with E-state index < -0.39 is 21.8 Å². The number of aliphatic hydroxyl groups is 1. The highest BCUT2D eigenvalue weighted by atomic mass is 32.2. The van der Waals surface area contributed by atoms with Gasteiger partial charge in [0.25, 0.3) is 5.91 Å². The van der Waals surface area contributed by atoms with E-state index in [-0.39, 0.29) is 5.75 Å². The predicted molar refractivity (Wildman–Crippen MR) is 79.4 cm³/mol. The molecule has 6 heteroatoms. The average molecular weight is 299 g/mol. The lowest BCUT2D eigenvalue weighted by Crippen LogP contribution is -2.27. The first-order chi connectivity index (χ1) is 9.31. The van der Waals surface area contributed by atoms with E-state index in [9.17, 15) is 18.3 Å². The fraction of sp³-hybridized carbons (Fsp3) is 0.500. The van der Waals surface area contributed by atoms with Crippen LogP contribution in [0.5, 0.6) is 0 Å². The first-order valence-electron chi connectivity index (χ1n) is 6.57. The van der Waals surface area contributed by atoms with Crippen molar-refractivity contribution in [2.75, 3.05) is 17.3 Å². The van der Waals surface area contributed by atoms with E-state index in [1.807, 2.05) is 6.92 Å². The summed E-state index contributed by atoms with van der Waals surface area (Å²) in [6, 6.07) is 6.95. The summed E-state index contributed by atoms with van der Waals surface area (Å²) < 4.78 is 22.1. The predicted octanol–water partition coefficient (Wildman–Crippen LogP) is 1.37. The van der Waals surface area contributed by atoms with Gasteiger partial charge in [0.2, 0.25) is 0 Å². The van der Waals surface area contributed by atoms with Crippen LogP contribution in [0.15, 0.2) is 24.3 Å². The van der Waals surface area contributed by atoms with E-state index in [4.69, 9.17) is 0 Å². The van der Waals surface area contributed by atoms with Gasteiger partial charge in [-0.3, -0.25) is 4.79 Å². The van der Waals surface area contributed by atoms with E-state index in [1.54, 1.807) is 24.3 Å². The minimum absolute atomic E-state index is 0.105. The molecule has 1 aromatic carbocycles. The SMILES string of the molecule is CCCC(O)C(=O)Nc1ccc(CCS(C)(=O)=O)cc1. The van der Waals surface area contributed by atoms with Crippen molar-refractivity contribution in [2.24, 2.45) is 0 Å². The second-order valence-corrected chi connectivity index (χ2v) is 7.13. The topological polar surface area (TPSA) is 83.5 Å². The fourth-order valence-electron chi connectivity index (χ4n) is 1.69. The Morgan fingerprint density at radius 3 is 2.40 bits per heavy atom. The number of hydrogen-bond acceptors (Lipinski definition) is 4. The van der Waals surface area contributed by atoms with Crippen LogP contribution in [0.2, 0.25) is 0 Å². The molecule has 0 heterocycles. The van der Waals surface area contributed by atoms with Gasteiger partial charge in [-0.25, -0.2) is 8.42 Å². The molecule has 1 rings (SSSR count). The highest BCUT2D eigenvalue weighted by Gasteiger charge is 2.13. The van der Waals surface area contributed by atoms with Crippen LogP contribution in [0.4, 0.5) is 5.69 Å². The quantitative estimate of drug-likeness (QED) is 0.796. The van der Waals surface area contributed by atoms with E-state index in [2.05, 4.69) is 5.32 Å². The second-order valence-electron chi connectivity index (χ2n) is 4.87. The number of amides is 1. The van der Waals surface area contributed by atoms with Gasteiger partial charge in [0.15, 0.2) is 0 Å². The van der Waals surface area contributed by atoms with Gasteiger partial charge in [-0.2, -0.15) is 0 Å². The molecule has 0 saturated carbocycles. The number of anilines is 1. The maximum atomic E-state index is 11.6. The molecule has 2 N–H and O–H groups in total. The number of sulfone groups is 1. The van der Waals surface area contributed by atoms with E-state index in [1.165, 1.54) is 6.26 Å². The van der Waals surface area contributed by atoms with Gasteiger partial charge in [-0.15, -0.1) is 0 Å². The van der Waals surface area contributed by atoms with Crippen LogP contribution in [0, 0.1) is 0 Å². The molecule has 20 heavy (non-hydrogen) atoms. The van der Waals surface area contributed by atoms with Crippen LogP contribution in [0.25, 0.3) is 0 Å². The van der Waals surface area contributed by atoms with Crippen molar-refractivity contribution < 1.29 is 18.3 Å². The lowest BCUT2D eigenvalue weighted by atomic mass is 10.1. The van der Waals surface area contributed by atoms with Crippen LogP contribution >= 0.6 is 0 Å². The zero-order valence-electron chi connectivity index (χ0n) is 11.8. The molecule has 0 spiro atoms. The Morgan fingerprint density at radius 2 is 1.90 bits per heavy atom. The smallest absolute Gasteiger partial charge is 0.253 e. The van der Waals surface area contributed by atoms with Crippen LogP contribution < -0.4 is 5.32 Å². The molecule has 1 atom stereocenters. The van der Waals surface area contributed by atoms with Crippen molar-refractivity contribution >= 4 is 21.4 Å². The summed E-state index contributed by atoms with van der Waals surface area (Å²) in [5, 5.41) is 12.1. The van der Waals surface area contributed by atoms with E-state index >= 15 is 0 Å². The van der Waals surface area contributed by atoms with Gasteiger partial charge in [-0.1, -0.05) is 25.5 Å². The number of rotatable bonds is 7. The Hall–Kier alpha value is -1.40. The number of aryl methyl sites for hydroxylation is 1. The Morgan fingerprint density at radius 1 is 1.30 bits per heavy atom. The number of aliphatic hydroxyl groups excluding tert-OH is 1. The maximum absolute atomic E-state index is 11.6. The number of carbonyl (C=O) groups is 1. The van der Waals surface area contributed by atoms with Crippen LogP contribution in [-0.2, 0) is 21.1 Å². The van der Waals surface area contributed by atoms with Crippen molar-refractivity contribution in [1.29, 1.82) is 0 Å². The number of benzene rings is 1. The molecule has 0 radical (unpaired) electrons. The zero-order valence-corrected chi connectivity index (χ0v) is 12.6. The Kier molecular flexibility index (Phi) is 6.16. The zero-order chi connectivity index (χ0) is 15.2. The molecular weight excluding hydrogens is 278 g/mol. The summed E-state index contributed by atoms with van der Waals surface area (Å²) in [6.45, 7) is 1.90. The highest BCUT2D eigenvalue weighted by Crippen LogP contribution is 2.11. The van der Waals surface area contributed by atoms with Gasteiger partial charge < -0.3 is 10.4 Å². The molecule has 1 unspecified atom stereocenters. The van der Waals surface area contributed by atoms with Crippen molar-refractivity contribution in [3.05, 3.63) is 29.8 Å². The minimum Gasteiger partial charge on any atom is -0.383 e. The summed E-state index contributed by atoms with van der Waals surface area (Å²) in [5.41, 5.74) is 1.48. The molecule has 0 aliphatic heterocycles. The third-order valence-electron chi connectivity index (χ3n) is 2.85. The van der Waals surface area contributed by atoms with E-state index in [0.717, 1.165) is 12.0 Å². The molecule has 1 aromatic rings. The third-order valence-corrected chi connectivity index (χ3v) is 3.79. The fourth-order valence-corrected chi connectivity index (χ4v) is 2.29. The Labute approximate surface area is 119 Å². The lowest BCUT2D eigenvalue weighted by molar-refractivity contribution is -0.124. The molecule has 5 nitrogen and oxygen atoms in total. The maximum Gasteiger partial charge on any atom is 0.253 e. The Bertz CT molecular complexity index is 537. The largest absolute Gasteiger partial charge is 0.383 e. The average Bonchev–Trinajstić information content (AvgIpc) is 2.37. The monoisotopic (exact) mass is 299 g/mol. The van der Waals surface area contributed by atoms with Crippen molar-refractivity contribution in [3.63, 3.8) is 0 Å². The van der Waals surface area contributed by atoms with Crippen molar-refractivity contribution in [2.45, 2.75) is 32.3 Å². The summed E-state index contributed by atoms with van der Waals surface area (Å²) in [4.78, 5) is 11.6. The molecule has 112 valence electrons. The van der Waals surface area contributed by atoms with Crippen LogP contribution in [-0.4, -0.2) is 37.5 Å². The Balaban J connectivity index is 2.56. The second kappa shape index (κ2) is 7.40. The standard InChI is InChI=1S/C14H21NO4S/c1-3-4-13(16)14(17)15-12-7-5-11(6-8-12)9-10-20(2,18)19/h5-8,13,16H,3-4,9-10H2,1-2H3,(H,15,17). The summed E-state index contributed by atoms with van der Waals surface area (Å²) in [5.74, 6) is -0.316. The highest BCUT2D eigenvalue weighted by molar-refractivity contribution is 7.90. The first-order valence-corrected chi connectivity index (χ1v) is 8.63. The number of nitrogens with one attached hydrogen (secondary N) is 1. The van der Waals surface area contributed by atoms with Gasteiger partial charge >= 0.3 is 0 Å². The van der Waals surface area contributed by atoms with Gasteiger partial charge in [0.1, 0.15) is 15.9 Å².